The van der Waals surface area contributed by atoms with Crippen LogP contribution >= 0.6 is 0 Å². The summed E-state index contributed by atoms with van der Waals surface area (Å²) in [6, 6.07) is 6.65. The van der Waals surface area contributed by atoms with Gasteiger partial charge in [0.2, 0.25) is 5.91 Å². The first-order chi connectivity index (χ1) is 9.93. The predicted molar refractivity (Wildman–Crippen MR) is 74.7 cm³/mol. The van der Waals surface area contributed by atoms with Crippen molar-refractivity contribution in [2.75, 3.05) is 13.7 Å². The summed E-state index contributed by atoms with van der Waals surface area (Å²) in [6.07, 6.45) is -1.08. The van der Waals surface area contributed by atoms with E-state index in [1.165, 1.54) is 14.0 Å². The first kappa shape index (κ1) is 16.6. The standard InChI is InChI=1S/C14H18N2O5/c1-9(17)15-7-10-3-5-11(6-4-10)13(18)16-8-12(21-2)14(19)20/h3-6,12H,7-8H2,1-2H3,(H,15,17)(H,16,18)(H,19,20). The lowest BCUT2D eigenvalue weighted by molar-refractivity contribution is -0.148. The molecule has 3 N–H and O–H groups in total. The van der Waals surface area contributed by atoms with Gasteiger partial charge in [-0.25, -0.2) is 4.79 Å². The topological polar surface area (TPSA) is 105 Å². The molecular formula is C14H18N2O5. The Morgan fingerprint density at radius 1 is 1.19 bits per heavy atom. The molecule has 0 aliphatic heterocycles. The van der Waals surface area contributed by atoms with E-state index in [0.717, 1.165) is 5.56 Å². The van der Waals surface area contributed by atoms with Gasteiger partial charge in [0.15, 0.2) is 6.10 Å². The molecule has 0 fully saturated rings. The largest absolute Gasteiger partial charge is 0.479 e. The van der Waals surface area contributed by atoms with Crippen LogP contribution in [0.2, 0.25) is 0 Å². The van der Waals surface area contributed by atoms with Crippen molar-refractivity contribution in [2.24, 2.45) is 0 Å². The van der Waals surface area contributed by atoms with E-state index in [4.69, 9.17) is 9.84 Å². The molecule has 21 heavy (non-hydrogen) atoms. The maximum absolute atomic E-state index is 11.8. The number of methoxy groups -OCH3 is 1. The van der Waals surface area contributed by atoms with E-state index < -0.39 is 12.1 Å². The van der Waals surface area contributed by atoms with Crippen LogP contribution in [-0.2, 0) is 20.9 Å². The van der Waals surface area contributed by atoms with Gasteiger partial charge in [0.05, 0.1) is 6.54 Å². The molecule has 0 radical (unpaired) electrons. The molecular weight excluding hydrogens is 276 g/mol. The van der Waals surface area contributed by atoms with E-state index in [1.807, 2.05) is 0 Å². The number of carbonyl (C=O) groups excluding carboxylic acids is 2. The van der Waals surface area contributed by atoms with Crippen molar-refractivity contribution in [3.8, 4) is 0 Å². The molecule has 0 spiro atoms. The monoisotopic (exact) mass is 294 g/mol. The summed E-state index contributed by atoms with van der Waals surface area (Å²) >= 11 is 0. The van der Waals surface area contributed by atoms with Crippen molar-refractivity contribution in [1.29, 1.82) is 0 Å². The van der Waals surface area contributed by atoms with E-state index in [1.54, 1.807) is 24.3 Å². The van der Waals surface area contributed by atoms with Crippen LogP contribution in [0.15, 0.2) is 24.3 Å². The molecule has 0 saturated carbocycles. The second kappa shape index (κ2) is 8.01. The number of nitrogens with one attached hydrogen (secondary N) is 2. The number of hydrogen-bond donors (Lipinski definition) is 3. The highest BCUT2D eigenvalue weighted by molar-refractivity contribution is 5.94. The van der Waals surface area contributed by atoms with Crippen molar-refractivity contribution < 1.29 is 24.2 Å². The van der Waals surface area contributed by atoms with Crippen LogP contribution in [0.3, 0.4) is 0 Å². The Bertz CT molecular complexity index is 513. The summed E-state index contributed by atoms with van der Waals surface area (Å²) in [5.74, 6) is -1.65. The second-order valence-corrected chi connectivity index (χ2v) is 4.38. The van der Waals surface area contributed by atoms with Crippen LogP contribution in [0.4, 0.5) is 0 Å². The molecule has 1 aromatic rings. The first-order valence-electron chi connectivity index (χ1n) is 6.31. The lowest BCUT2D eigenvalue weighted by Crippen LogP contribution is -2.37. The van der Waals surface area contributed by atoms with Crippen LogP contribution in [0.25, 0.3) is 0 Å². The van der Waals surface area contributed by atoms with Gasteiger partial charge in [-0.15, -0.1) is 0 Å². The van der Waals surface area contributed by atoms with Gasteiger partial charge in [0, 0.05) is 26.1 Å². The molecule has 2 amide bonds. The number of carbonyl (C=O) groups is 3. The number of hydrogen-bond acceptors (Lipinski definition) is 4. The maximum Gasteiger partial charge on any atom is 0.334 e. The normalized spacial score (nSPS) is 11.5. The van der Waals surface area contributed by atoms with Crippen molar-refractivity contribution >= 4 is 17.8 Å². The average Bonchev–Trinajstić information content (AvgIpc) is 2.45. The number of aliphatic carboxylic acids is 1. The second-order valence-electron chi connectivity index (χ2n) is 4.38. The Hall–Kier alpha value is -2.41. The average molecular weight is 294 g/mol. The molecule has 0 saturated heterocycles. The molecule has 1 atom stereocenters. The zero-order valence-electron chi connectivity index (χ0n) is 11.9. The number of carboxylic acids is 1. The summed E-state index contributed by atoms with van der Waals surface area (Å²) < 4.78 is 4.72. The summed E-state index contributed by atoms with van der Waals surface area (Å²) in [5, 5.41) is 13.9. The maximum atomic E-state index is 11.8. The summed E-state index contributed by atoms with van der Waals surface area (Å²) in [5.41, 5.74) is 1.27. The lowest BCUT2D eigenvalue weighted by atomic mass is 10.1. The number of ether oxygens (including phenoxy) is 1. The number of carboxylic acid groups (broad SMARTS) is 1. The fourth-order valence-corrected chi connectivity index (χ4v) is 1.56. The third kappa shape index (κ3) is 5.62. The molecule has 0 aliphatic rings. The molecule has 1 aromatic carbocycles. The smallest absolute Gasteiger partial charge is 0.334 e. The van der Waals surface area contributed by atoms with Gasteiger partial charge in [0.25, 0.3) is 5.91 Å². The SMILES string of the molecule is COC(CNC(=O)c1ccc(CNC(C)=O)cc1)C(=O)O. The van der Waals surface area contributed by atoms with Crippen molar-refractivity contribution in [3.63, 3.8) is 0 Å². The van der Waals surface area contributed by atoms with Gasteiger partial charge in [0.1, 0.15) is 0 Å². The Labute approximate surface area is 122 Å². The van der Waals surface area contributed by atoms with Gasteiger partial charge in [-0.2, -0.15) is 0 Å². The van der Waals surface area contributed by atoms with E-state index in [2.05, 4.69) is 10.6 Å². The van der Waals surface area contributed by atoms with Crippen molar-refractivity contribution in [2.45, 2.75) is 19.6 Å². The van der Waals surface area contributed by atoms with E-state index in [0.29, 0.717) is 12.1 Å². The molecule has 1 unspecified atom stereocenters. The van der Waals surface area contributed by atoms with Crippen LogP contribution in [0, 0.1) is 0 Å². The van der Waals surface area contributed by atoms with Gasteiger partial charge >= 0.3 is 5.97 Å². The van der Waals surface area contributed by atoms with E-state index in [9.17, 15) is 14.4 Å². The van der Waals surface area contributed by atoms with Crippen molar-refractivity contribution in [3.05, 3.63) is 35.4 Å². The Balaban J connectivity index is 2.55. The zero-order chi connectivity index (χ0) is 15.8. The van der Waals surface area contributed by atoms with Crippen LogP contribution in [-0.4, -0.2) is 42.6 Å². The third-order valence-electron chi connectivity index (χ3n) is 2.77. The van der Waals surface area contributed by atoms with Crippen LogP contribution in [0.5, 0.6) is 0 Å². The molecule has 0 bridgehead atoms. The van der Waals surface area contributed by atoms with E-state index >= 15 is 0 Å². The fraction of sp³-hybridized carbons (Fsp3) is 0.357. The fourth-order valence-electron chi connectivity index (χ4n) is 1.56. The Morgan fingerprint density at radius 2 is 1.81 bits per heavy atom. The van der Waals surface area contributed by atoms with Gasteiger partial charge < -0.3 is 20.5 Å². The minimum atomic E-state index is -1.14. The Kier molecular flexibility index (Phi) is 6.35. The number of benzene rings is 1. The van der Waals surface area contributed by atoms with Crippen LogP contribution in [0.1, 0.15) is 22.8 Å². The molecule has 0 aliphatic carbocycles. The highest BCUT2D eigenvalue weighted by Crippen LogP contribution is 2.04. The molecule has 7 nitrogen and oxygen atoms in total. The first-order valence-corrected chi connectivity index (χ1v) is 6.31. The van der Waals surface area contributed by atoms with Gasteiger partial charge in [-0.05, 0) is 17.7 Å². The lowest BCUT2D eigenvalue weighted by Gasteiger charge is -2.11. The molecule has 7 heteroatoms. The highest BCUT2D eigenvalue weighted by Gasteiger charge is 2.17. The minimum absolute atomic E-state index is 0.113. The third-order valence-corrected chi connectivity index (χ3v) is 2.77. The zero-order valence-corrected chi connectivity index (χ0v) is 11.9. The molecule has 0 heterocycles. The van der Waals surface area contributed by atoms with Gasteiger partial charge in [-0.3, -0.25) is 9.59 Å². The number of amides is 2. The van der Waals surface area contributed by atoms with Crippen molar-refractivity contribution in [1.82, 2.24) is 10.6 Å². The van der Waals surface area contributed by atoms with Gasteiger partial charge in [-0.1, -0.05) is 12.1 Å². The highest BCUT2D eigenvalue weighted by atomic mass is 16.5. The van der Waals surface area contributed by atoms with E-state index in [-0.39, 0.29) is 18.4 Å². The molecule has 114 valence electrons. The van der Waals surface area contributed by atoms with Crippen LogP contribution < -0.4 is 10.6 Å². The summed E-state index contributed by atoms with van der Waals surface area (Å²) in [6.45, 7) is 1.71. The molecule has 0 aromatic heterocycles. The summed E-state index contributed by atoms with van der Waals surface area (Å²) in [4.78, 5) is 33.4. The quantitative estimate of drug-likeness (QED) is 0.664. The summed E-state index contributed by atoms with van der Waals surface area (Å²) in [7, 11) is 1.27. The number of rotatable bonds is 7. The minimum Gasteiger partial charge on any atom is -0.479 e. The Morgan fingerprint density at radius 3 is 2.29 bits per heavy atom. The predicted octanol–water partition coefficient (Wildman–Crippen LogP) is 0.152. The molecule has 1 rings (SSSR count).